The number of carbonyl (C=O) groups is 1. The maximum atomic E-state index is 13.3. The van der Waals surface area contributed by atoms with Crippen LogP contribution in [0, 0.1) is 0 Å². The minimum absolute atomic E-state index is 0.210. The minimum Gasteiger partial charge on any atom is -0.357 e. The van der Waals surface area contributed by atoms with E-state index >= 15 is 0 Å². The molecule has 0 bridgehead atoms. The second-order valence-electron chi connectivity index (χ2n) is 8.44. The molecule has 0 aliphatic carbocycles. The molecular formula is C22H34N4O. The van der Waals surface area contributed by atoms with Crippen LogP contribution in [0.5, 0.6) is 0 Å². The lowest BCUT2D eigenvalue weighted by atomic mass is 9.98. The van der Waals surface area contributed by atoms with E-state index < -0.39 is 0 Å². The summed E-state index contributed by atoms with van der Waals surface area (Å²) < 4.78 is 0. The molecule has 1 aromatic heterocycles. The van der Waals surface area contributed by atoms with Crippen LogP contribution in [0.4, 0.5) is 5.82 Å². The van der Waals surface area contributed by atoms with Crippen LogP contribution >= 0.6 is 0 Å². The van der Waals surface area contributed by atoms with E-state index in [1.54, 1.807) is 0 Å². The van der Waals surface area contributed by atoms with Crippen LogP contribution in [-0.2, 0) is 0 Å². The molecule has 0 radical (unpaired) electrons. The summed E-state index contributed by atoms with van der Waals surface area (Å²) in [7, 11) is 0. The smallest absolute Gasteiger partial charge is 0.254 e. The number of rotatable bonds is 5. The van der Waals surface area contributed by atoms with Crippen molar-refractivity contribution in [1.29, 1.82) is 0 Å². The summed E-state index contributed by atoms with van der Waals surface area (Å²) in [6.45, 7) is 6.66. The molecule has 5 nitrogen and oxygen atoms in total. The molecule has 3 saturated heterocycles. The Labute approximate surface area is 163 Å². The molecule has 3 aliphatic rings. The first-order valence-corrected chi connectivity index (χ1v) is 11.1. The summed E-state index contributed by atoms with van der Waals surface area (Å²) in [6.07, 6.45) is 12.9. The molecule has 1 atom stereocenters. The first-order valence-electron chi connectivity index (χ1n) is 11.1. The lowest BCUT2D eigenvalue weighted by Crippen LogP contribution is -2.45. The fourth-order valence-corrected chi connectivity index (χ4v) is 4.92. The van der Waals surface area contributed by atoms with Gasteiger partial charge >= 0.3 is 0 Å². The van der Waals surface area contributed by atoms with Gasteiger partial charge in [0.2, 0.25) is 0 Å². The zero-order valence-corrected chi connectivity index (χ0v) is 16.6. The standard InChI is InChI=1S/C22H34N4O/c27-22(19-9-11-23-21(18-19)25-14-3-1-4-15-25)26-16-5-2-8-20(26)10-17-24-12-6-7-13-24/h9,11,18,20H,1-8,10,12-17H2. The normalized spacial score (nSPS) is 24.4. The van der Waals surface area contributed by atoms with E-state index in [9.17, 15) is 4.79 Å². The summed E-state index contributed by atoms with van der Waals surface area (Å²) in [5.41, 5.74) is 0.818. The Morgan fingerprint density at radius 2 is 1.70 bits per heavy atom. The molecule has 4 heterocycles. The van der Waals surface area contributed by atoms with Gasteiger partial charge in [0.05, 0.1) is 0 Å². The first kappa shape index (κ1) is 18.7. The van der Waals surface area contributed by atoms with Crippen molar-refractivity contribution in [2.24, 2.45) is 0 Å². The number of hydrogen-bond acceptors (Lipinski definition) is 4. The third-order valence-electron chi connectivity index (χ3n) is 6.54. The zero-order valence-electron chi connectivity index (χ0n) is 16.6. The number of hydrogen-bond donors (Lipinski definition) is 0. The van der Waals surface area contributed by atoms with Crippen LogP contribution in [0.15, 0.2) is 18.3 Å². The number of amides is 1. The van der Waals surface area contributed by atoms with Crippen molar-refractivity contribution in [1.82, 2.24) is 14.8 Å². The van der Waals surface area contributed by atoms with Crippen LogP contribution in [0.1, 0.15) is 68.1 Å². The topological polar surface area (TPSA) is 39.7 Å². The van der Waals surface area contributed by atoms with Crippen LogP contribution < -0.4 is 4.90 Å². The largest absolute Gasteiger partial charge is 0.357 e. The number of anilines is 1. The highest BCUT2D eigenvalue weighted by Crippen LogP contribution is 2.25. The average Bonchev–Trinajstić information content (AvgIpc) is 3.26. The van der Waals surface area contributed by atoms with Gasteiger partial charge in [0.15, 0.2) is 0 Å². The SMILES string of the molecule is O=C(c1ccnc(N2CCCCC2)c1)N1CCCCC1CCN1CCCC1. The second-order valence-corrected chi connectivity index (χ2v) is 8.44. The maximum Gasteiger partial charge on any atom is 0.254 e. The first-order chi connectivity index (χ1) is 13.3. The highest BCUT2D eigenvalue weighted by Gasteiger charge is 2.28. The van der Waals surface area contributed by atoms with Crippen molar-refractivity contribution in [3.05, 3.63) is 23.9 Å². The molecule has 0 spiro atoms. The Morgan fingerprint density at radius 3 is 2.52 bits per heavy atom. The van der Waals surface area contributed by atoms with Gasteiger partial charge in [-0.05, 0) is 83.0 Å². The van der Waals surface area contributed by atoms with Crippen molar-refractivity contribution in [3.8, 4) is 0 Å². The number of aromatic nitrogens is 1. The van der Waals surface area contributed by atoms with Crippen LogP contribution in [0.25, 0.3) is 0 Å². The predicted molar refractivity (Wildman–Crippen MR) is 109 cm³/mol. The van der Waals surface area contributed by atoms with Crippen molar-refractivity contribution >= 4 is 11.7 Å². The Hall–Kier alpha value is -1.62. The van der Waals surface area contributed by atoms with Crippen molar-refractivity contribution < 1.29 is 4.79 Å². The summed E-state index contributed by atoms with van der Waals surface area (Å²) in [4.78, 5) is 24.9. The van der Waals surface area contributed by atoms with Gasteiger partial charge in [-0.1, -0.05) is 0 Å². The summed E-state index contributed by atoms with van der Waals surface area (Å²) in [5.74, 6) is 1.19. The zero-order chi connectivity index (χ0) is 18.5. The molecule has 1 amide bonds. The lowest BCUT2D eigenvalue weighted by molar-refractivity contribution is 0.0588. The molecule has 0 aromatic carbocycles. The number of pyridine rings is 1. The highest BCUT2D eigenvalue weighted by atomic mass is 16.2. The molecule has 3 fully saturated rings. The van der Waals surface area contributed by atoms with Gasteiger partial charge in [-0.3, -0.25) is 4.79 Å². The third-order valence-corrected chi connectivity index (χ3v) is 6.54. The minimum atomic E-state index is 0.210. The summed E-state index contributed by atoms with van der Waals surface area (Å²) >= 11 is 0. The second kappa shape index (κ2) is 9.05. The molecule has 27 heavy (non-hydrogen) atoms. The number of piperidine rings is 2. The van der Waals surface area contributed by atoms with Crippen LogP contribution in [0.2, 0.25) is 0 Å². The molecule has 5 heteroatoms. The van der Waals surface area contributed by atoms with E-state index in [2.05, 4.69) is 19.7 Å². The molecular weight excluding hydrogens is 336 g/mol. The molecule has 1 unspecified atom stereocenters. The van der Waals surface area contributed by atoms with Crippen molar-refractivity contribution in [2.75, 3.05) is 44.2 Å². The van der Waals surface area contributed by atoms with Crippen molar-refractivity contribution in [2.45, 2.75) is 63.8 Å². The number of nitrogens with zero attached hydrogens (tertiary/aromatic N) is 4. The number of likely N-dealkylation sites (tertiary alicyclic amines) is 2. The van der Waals surface area contributed by atoms with Gasteiger partial charge in [0.1, 0.15) is 5.82 Å². The summed E-state index contributed by atoms with van der Waals surface area (Å²) in [5, 5.41) is 0. The molecule has 4 rings (SSSR count). The fraction of sp³-hybridized carbons (Fsp3) is 0.727. The van der Waals surface area contributed by atoms with Gasteiger partial charge in [0, 0.05) is 44.0 Å². The Balaban J connectivity index is 1.43. The maximum absolute atomic E-state index is 13.3. The molecule has 1 aromatic rings. The van der Waals surface area contributed by atoms with Gasteiger partial charge in [-0.15, -0.1) is 0 Å². The summed E-state index contributed by atoms with van der Waals surface area (Å²) in [6, 6.07) is 4.33. The monoisotopic (exact) mass is 370 g/mol. The molecule has 0 saturated carbocycles. The van der Waals surface area contributed by atoms with E-state index in [0.29, 0.717) is 6.04 Å². The van der Waals surface area contributed by atoms with Gasteiger partial charge in [0.25, 0.3) is 5.91 Å². The lowest BCUT2D eigenvalue weighted by Gasteiger charge is -2.37. The van der Waals surface area contributed by atoms with E-state index in [4.69, 9.17) is 0 Å². The fourth-order valence-electron chi connectivity index (χ4n) is 4.92. The van der Waals surface area contributed by atoms with E-state index in [-0.39, 0.29) is 5.91 Å². The van der Waals surface area contributed by atoms with Gasteiger partial charge in [-0.25, -0.2) is 4.98 Å². The number of carbonyl (C=O) groups excluding carboxylic acids is 1. The van der Waals surface area contributed by atoms with E-state index in [0.717, 1.165) is 56.8 Å². The van der Waals surface area contributed by atoms with Gasteiger partial charge < -0.3 is 14.7 Å². The Morgan fingerprint density at radius 1 is 0.963 bits per heavy atom. The highest BCUT2D eigenvalue weighted by molar-refractivity contribution is 5.95. The third kappa shape index (κ3) is 4.63. The average molecular weight is 371 g/mol. The van der Waals surface area contributed by atoms with Crippen LogP contribution in [0.3, 0.4) is 0 Å². The predicted octanol–water partition coefficient (Wildman–Crippen LogP) is 3.55. The van der Waals surface area contributed by atoms with Crippen LogP contribution in [-0.4, -0.2) is 66.0 Å². The van der Waals surface area contributed by atoms with E-state index in [1.165, 1.54) is 51.6 Å². The Bertz CT molecular complexity index is 622. The Kier molecular flexibility index (Phi) is 6.28. The quantitative estimate of drug-likeness (QED) is 0.795. The van der Waals surface area contributed by atoms with Gasteiger partial charge in [-0.2, -0.15) is 0 Å². The van der Waals surface area contributed by atoms with E-state index in [1.807, 2.05) is 18.3 Å². The van der Waals surface area contributed by atoms with Crippen molar-refractivity contribution in [3.63, 3.8) is 0 Å². The molecule has 148 valence electrons. The molecule has 0 N–H and O–H groups in total. The molecule has 3 aliphatic heterocycles.